The van der Waals surface area contributed by atoms with Crippen molar-refractivity contribution in [2.24, 2.45) is 0 Å². The second-order valence-electron chi connectivity index (χ2n) is 2.79. The number of rotatable bonds is 9. The van der Waals surface area contributed by atoms with E-state index in [0.29, 0.717) is 6.61 Å². The second kappa shape index (κ2) is 11.3. The first-order valence-electron chi connectivity index (χ1n) is 4.81. The molecule has 0 aromatic carbocycles. The predicted molar refractivity (Wildman–Crippen MR) is 56.8 cm³/mol. The monoisotopic (exact) mass is 191 g/mol. The molecule has 0 saturated carbocycles. The molecule has 0 aliphatic carbocycles. The van der Waals surface area contributed by atoms with Crippen molar-refractivity contribution in [3.05, 3.63) is 0 Å². The molecular weight excluding hydrogens is 170 g/mol. The van der Waals surface area contributed by atoms with Crippen LogP contribution in [-0.4, -0.2) is 36.3 Å². The number of aliphatic hydroxyl groups excluding tert-OH is 1. The molecule has 12 heavy (non-hydrogen) atoms. The van der Waals surface area contributed by atoms with Crippen LogP contribution in [0.1, 0.15) is 26.2 Å². The van der Waals surface area contributed by atoms with Crippen molar-refractivity contribution < 1.29 is 5.11 Å². The summed E-state index contributed by atoms with van der Waals surface area (Å²) >= 11 is 1.94. The molecule has 0 amide bonds. The van der Waals surface area contributed by atoms with Crippen molar-refractivity contribution in [2.75, 3.05) is 31.2 Å². The van der Waals surface area contributed by atoms with Crippen molar-refractivity contribution in [3.8, 4) is 0 Å². The fourth-order valence-electron chi connectivity index (χ4n) is 0.870. The van der Waals surface area contributed by atoms with Gasteiger partial charge in [0.2, 0.25) is 0 Å². The van der Waals surface area contributed by atoms with Gasteiger partial charge >= 0.3 is 0 Å². The smallest absolute Gasteiger partial charge is 0.0438 e. The molecule has 0 spiro atoms. The third kappa shape index (κ3) is 10.3. The zero-order valence-electron chi connectivity index (χ0n) is 8.01. The van der Waals surface area contributed by atoms with E-state index in [1.54, 1.807) is 0 Å². The van der Waals surface area contributed by atoms with Gasteiger partial charge in [-0.2, -0.15) is 11.8 Å². The lowest BCUT2D eigenvalue weighted by atomic mass is 10.4. The number of hydrogen-bond donors (Lipinski definition) is 2. The zero-order valence-corrected chi connectivity index (χ0v) is 8.83. The van der Waals surface area contributed by atoms with Crippen molar-refractivity contribution in [2.45, 2.75) is 26.2 Å². The first-order valence-corrected chi connectivity index (χ1v) is 5.96. The molecule has 0 aliphatic heterocycles. The topological polar surface area (TPSA) is 32.3 Å². The van der Waals surface area contributed by atoms with Gasteiger partial charge in [-0.1, -0.05) is 6.92 Å². The maximum absolute atomic E-state index is 8.51. The summed E-state index contributed by atoms with van der Waals surface area (Å²) in [5.74, 6) is 2.32. The Morgan fingerprint density at radius 1 is 1.17 bits per heavy atom. The normalized spacial score (nSPS) is 10.5. The molecule has 0 bridgehead atoms. The van der Waals surface area contributed by atoms with Crippen LogP contribution in [-0.2, 0) is 0 Å². The Hall–Kier alpha value is 0.270. The van der Waals surface area contributed by atoms with Crippen molar-refractivity contribution in [3.63, 3.8) is 0 Å². The highest BCUT2D eigenvalue weighted by atomic mass is 32.2. The van der Waals surface area contributed by atoms with Crippen LogP contribution in [0.3, 0.4) is 0 Å². The van der Waals surface area contributed by atoms with Gasteiger partial charge in [0.15, 0.2) is 0 Å². The summed E-state index contributed by atoms with van der Waals surface area (Å²) in [7, 11) is 0. The standard InChI is InChI=1S/C9H21NOS/c1-2-5-10-6-3-8-12-9-4-7-11/h10-11H,2-9H2,1H3. The minimum atomic E-state index is 0.334. The molecule has 0 unspecified atom stereocenters. The van der Waals surface area contributed by atoms with Crippen molar-refractivity contribution in [1.82, 2.24) is 5.32 Å². The number of nitrogens with one attached hydrogen (secondary N) is 1. The molecule has 0 aromatic heterocycles. The van der Waals surface area contributed by atoms with Gasteiger partial charge < -0.3 is 10.4 Å². The van der Waals surface area contributed by atoms with Crippen molar-refractivity contribution in [1.29, 1.82) is 0 Å². The lowest BCUT2D eigenvalue weighted by Gasteiger charge is -2.02. The summed E-state index contributed by atoms with van der Waals surface area (Å²) in [6.45, 7) is 4.80. The first-order chi connectivity index (χ1) is 5.91. The molecule has 2 nitrogen and oxygen atoms in total. The Labute approximate surface area is 80.1 Å². The van der Waals surface area contributed by atoms with E-state index in [2.05, 4.69) is 12.2 Å². The Kier molecular flexibility index (Phi) is 11.5. The van der Waals surface area contributed by atoms with Crippen LogP contribution in [0.2, 0.25) is 0 Å². The Bertz CT molecular complexity index is 70.9. The maximum atomic E-state index is 8.51. The number of aliphatic hydroxyl groups is 1. The van der Waals surface area contributed by atoms with E-state index in [-0.39, 0.29) is 0 Å². The summed E-state index contributed by atoms with van der Waals surface area (Å²) in [5.41, 5.74) is 0. The summed E-state index contributed by atoms with van der Waals surface area (Å²) in [6, 6.07) is 0. The largest absolute Gasteiger partial charge is 0.396 e. The Balaban J connectivity index is 2.73. The average Bonchev–Trinajstić information content (AvgIpc) is 2.10. The average molecular weight is 191 g/mol. The molecule has 0 rings (SSSR count). The minimum absolute atomic E-state index is 0.334. The molecule has 0 fully saturated rings. The lowest BCUT2D eigenvalue weighted by molar-refractivity contribution is 0.296. The van der Waals surface area contributed by atoms with Gasteiger partial charge in [-0.15, -0.1) is 0 Å². The molecule has 0 aromatic rings. The van der Waals surface area contributed by atoms with Gasteiger partial charge in [-0.05, 0) is 43.9 Å². The number of hydrogen-bond acceptors (Lipinski definition) is 3. The van der Waals surface area contributed by atoms with E-state index in [0.717, 1.165) is 25.3 Å². The highest BCUT2D eigenvalue weighted by molar-refractivity contribution is 7.99. The van der Waals surface area contributed by atoms with Gasteiger partial charge in [0.25, 0.3) is 0 Å². The van der Waals surface area contributed by atoms with Crippen LogP contribution >= 0.6 is 11.8 Å². The Morgan fingerprint density at radius 2 is 1.92 bits per heavy atom. The Morgan fingerprint density at radius 3 is 2.58 bits per heavy atom. The van der Waals surface area contributed by atoms with E-state index in [1.807, 2.05) is 11.8 Å². The second-order valence-corrected chi connectivity index (χ2v) is 4.02. The molecule has 3 heteroatoms. The third-order valence-electron chi connectivity index (χ3n) is 1.52. The fourth-order valence-corrected chi connectivity index (χ4v) is 1.76. The van der Waals surface area contributed by atoms with Crippen molar-refractivity contribution >= 4 is 11.8 Å². The molecular formula is C9H21NOS. The highest BCUT2D eigenvalue weighted by Gasteiger charge is 1.89. The van der Waals surface area contributed by atoms with Crippen LogP contribution in [0.4, 0.5) is 0 Å². The summed E-state index contributed by atoms with van der Waals surface area (Å²) in [6.07, 6.45) is 3.40. The molecule has 0 saturated heterocycles. The minimum Gasteiger partial charge on any atom is -0.396 e. The van der Waals surface area contributed by atoms with Crippen LogP contribution in [0.25, 0.3) is 0 Å². The lowest BCUT2D eigenvalue weighted by Crippen LogP contribution is -2.16. The SMILES string of the molecule is CCCNCCCSCCCO. The summed E-state index contributed by atoms with van der Waals surface area (Å²) in [5, 5.41) is 11.9. The van der Waals surface area contributed by atoms with Crippen LogP contribution < -0.4 is 5.32 Å². The summed E-state index contributed by atoms with van der Waals surface area (Å²) in [4.78, 5) is 0. The zero-order chi connectivity index (χ0) is 9.07. The fraction of sp³-hybridized carbons (Fsp3) is 1.00. The van der Waals surface area contributed by atoms with Gasteiger partial charge in [-0.25, -0.2) is 0 Å². The van der Waals surface area contributed by atoms with Crippen LogP contribution in [0.15, 0.2) is 0 Å². The van der Waals surface area contributed by atoms with Crippen LogP contribution in [0, 0.1) is 0 Å². The quantitative estimate of drug-likeness (QED) is 0.542. The van der Waals surface area contributed by atoms with E-state index >= 15 is 0 Å². The molecule has 0 radical (unpaired) electrons. The molecule has 0 atom stereocenters. The highest BCUT2D eigenvalue weighted by Crippen LogP contribution is 2.02. The molecule has 0 aliphatic rings. The molecule has 2 N–H and O–H groups in total. The maximum Gasteiger partial charge on any atom is 0.0438 e. The van der Waals surface area contributed by atoms with Gasteiger partial charge in [0, 0.05) is 6.61 Å². The predicted octanol–water partition coefficient (Wildman–Crippen LogP) is 1.49. The summed E-state index contributed by atoms with van der Waals surface area (Å²) < 4.78 is 0. The molecule has 0 heterocycles. The van der Waals surface area contributed by atoms with E-state index in [4.69, 9.17) is 5.11 Å². The third-order valence-corrected chi connectivity index (χ3v) is 2.67. The first kappa shape index (κ1) is 12.3. The molecule has 74 valence electrons. The van der Waals surface area contributed by atoms with Gasteiger partial charge in [0.1, 0.15) is 0 Å². The van der Waals surface area contributed by atoms with E-state index in [1.165, 1.54) is 18.6 Å². The van der Waals surface area contributed by atoms with E-state index in [9.17, 15) is 0 Å². The van der Waals surface area contributed by atoms with E-state index < -0.39 is 0 Å². The van der Waals surface area contributed by atoms with Crippen LogP contribution in [0.5, 0.6) is 0 Å². The number of thioether (sulfide) groups is 1. The van der Waals surface area contributed by atoms with Gasteiger partial charge in [0.05, 0.1) is 0 Å². The van der Waals surface area contributed by atoms with Gasteiger partial charge in [-0.3, -0.25) is 0 Å².